The Labute approximate surface area is 89.1 Å². The lowest BCUT2D eigenvalue weighted by molar-refractivity contribution is 0.543. The minimum absolute atomic E-state index is 0.345. The zero-order valence-corrected chi connectivity index (χ0v) is 8.90. The van der Waals surface area contributed by atoms with Crippen molar-refractivity contribution in [3.8, 4) is 0 Å². The van der Waals surface area contributed by atoms with E-state index in [0.29, 0.717) is 5.54 Å². The molecule has 78 valence electrons. The maximum atomic E-state index is 4.61. The number of nitrogens with one attached hydrogen (secondary N) is 1. The number of nitrogens with zero attached hydrogens (tertiary/aromatic N) is 2. The summed E-state index contributed by atoms with van der Waals surface area (Å²) in [6.07, 6.45) is 7.78. The second-order valence-corrected chi connectivity index (χ2v) is 4.41. The lowest BCUT2D eigenvalue weighted by Gasteiger charge is -2.10. The standard InChI is InChI=1S/C12H15N3/c1-13-12(5-6-12)8-10-9-15-7-3-2-4-11(15)14-10/h2-4,7,9,13H,5-6,8H2,1H3. The first-order valence-corrected chi connectivity index (χ1v) is 5.43. The summed E-state index contributed by atoms with van der Waals surface area (Å²) in [5.74, 6) is 0. The molecule has 3 heteroatoms. The van der Waals surface area contributed by atoms with E-state index in [1.165, 1.54) is 18.5 Å². The van der Waals surface area contributed by atoms with Gasteiger partial charge in [-0.15, -0.1) is 0 Å². The van der Waals surface area contributed by atoms with Crippen molar-refractivity contribution in [3.05, 3.63) is 36.3 Å². The van der Waals surface area contributed by atoms with Crippen LogP contribution in [-0.2, 0) is 6.42 Å². The van der Waals surface area contributed by atoms with Crippen molar-refractivity contribution in [1.29, 1.82) is 0 Å². The number of hydrogen-bond acceptors (Lipinski definition) is 2. The van der Waals surface area contributed by atoms with Gasteiger partial charge in [0, 0.05) is 24.4 Å². The molecule has 1 fully saturated rings. The molecule has 0 unspecified atom stereocenters. The summed E-state index contributed by atoms with van der Waals surface area (Å²) in [7, 11) is 2.04. The number of imidazole rings is 1. The molecule has 2 heterocycles. The Morgan fingerprint density at radius 3 is 3.00 bits per heavy atom. The molecule has 0 bridgehead atoms. The molecule has 15 heavy (non-hydrogen) atoms. The molecule has 2 aromatic rings. The third-order valence-electron chi connectivity index (χ3n) is 3.32. The monoisotopic (exact) mass is 201 g/mol. The summed E-state index contributed by atoms with van der Waals surface area (Å²) >= 11 is 0. The molecule has 3 rings (SSSR count). The summed E-state index contributed by atoms with van der Waals surface area (Å²) in [6.45, 7) is 0. The van der Waals surface area contributed by atoms with E-state index in [2.05, 4.69) is 20.9 Å². The van der Waals surface area contributed by atoms with Gasteiger partial charge in [-0.3, -0.25) is 0 Å². The highest BCUT2D eigenvalue weighted by Gasteiger charge is 2.41. The minimum atomic E-state index is 0.345. The zero-order chi connectivity index (χ0) is 10.3. The Morgan fingerprint density at radius 2 is 2.33 bits per heavy atom. The fourth-order valence-electron chi connectivity index (χ4n) is 2.09. The summed E-state index contributed by atoms with van der Waals surface area (Å²) < 4.78 is 2.08. The maximum Gasteiger partial charge on any atom is 0.136 e. The van der Waals surface area contributed by atoms with Crippen molar-refractivity contribution in [2.45, 2.75) is 24.8 Å². The minimum Gasteiger partial charge on any atom is -0.314 e. The molecule has 0 amide bonds. The Kier molecular flexibility index (Phi) is 1.83. The number of likely N-dealkylation sites (N-methyl/N-ethyl adjacent to an activating group) is 1. The Hall–Kier alpha value is -1.35. The highest BCUT2D eigenvalue weighted by molar-refractivity contribution is 5.39. The number of fused-ring (bicyclic) bond motifs is 1. The summed E-state index contributed by atoms with van der Waals surface area (Å²) in [4.78, 5) is 4.61. The second-order valence-electron chi connectivity index (χ2n) is 4.41. The molecule has 1 N–H and O–H groups in total. The summed E-state index contributed by atoms with van der Waals surface area (Å²) in [5.41, 5.74) is 2.57. The molecule has 0 aliphatic heterocycles. The normalized spacial score (nSPS) is 18.2. The van der Waals surface area contributed by atoms with Gasteiger partial charge in [0.2, 0.25) is 0 Å². The van der Waals surface area contributed by atoms with Gasteiger partial charge in [0.1, 0.15) is 5.65 Å². The Bertz CT molecular complexity index is 449. The highest BCUT2D eigenvalue weighted by atomic mass is 15.0. The van der Waals surface area contributed by atoms with Crippen LogP contribution in [0.5, 0.6) is 0 Å². The van der Waals surface area contributed by atoms with Crippen LogP contribution in [-0.4, -0.2) is 22.0 Å². The van der Waals surface area contributed by atoms with E-state index in [-0.39, 0.29) is 0 Å². The lowest BCUT2D eigenvalue weighted by atomic mass is 10.1. The predicted molar refractivity (Wildman–Crippen MR) is 59.9 cm³/mol. The van der Waals surface area contributed by atoms with E-state index < -0.39 is 0 Å². The predicted octanol–water partition coefficient (Wildman–Crippen LogP) is 1.63. The fraction of sp³-hybridized carbons (Fsp3) is 0.417. The SMILES string of the molecule is CNC1(Cc2cn3ccccc3n2)CC1. The van der Waals surface area contributed by atoms with Crippen molar-refractivity contribution in [1.82, 2.24) is 14.7 Å². The first-order chi connectivity index (χ1) is 7.31. The van der Waals surface area contributed by atoms with E-state index in [4.69, 9.17) is 0 Å². The van der Waals surface area contributed by atoms with Crippen LogP contribution in [0.25, 0.3) is 5.65 Å². The Balaban J connectivity index is 1.92. The third kappa shape index (κ3) is 1.53. The van der Waals surface area contributed by atoms with Gasteiger partial charge >= 0.3 is 0 Å². The third-order valence-corrected chi connectivity index (χ3v) is 3.32. The topological polar surface area (TPSA) is 29.3 Å². The van der Waals surface area contributed by atoms with E-state index in [9.17, 15) is 0 Å². The molecule has 1 aliphatic rings. The molecule has 3 nitrogen and oxygen atoms in total. The Morgan fingerprint density at radius 1 is 1.47 bits per heavy atom. The van der Waals surface area contributed by atoms with Gasteiger partial charge in [0.15, 0.2) is 0 Å². The number of hydrogen-bond donors (Lipinski definition) is 1. The van der Waals surface area contributed by atoms with Crippen LogP contribution in [0, 0.1) is 0 Å². The number of pyridine rings is 1. The van der Waals surface area contributed by atoms with Crippen LogP contribution in [0.15, 0.2) is 30.6 Å². The number of rotatable bonds is 3. The smallest absolute Gasteiger partial charge is 0.136 e. The van der Waals surface area contributed by atoms with E-state index in [1.54, 1.807) is 0 Å². The fourth-order valence-corrected chi connectivity index (χ4v) is 2.09. The largest absolute Gasteiger partial charge is 0.314 e. The van der Waals surface area contributed by atoms with Gasteiger partial charge in [-0.25, -0.2) is 4.98 Å². The zero-order valence-electron chi connectivity index (χ0n) is 8.90. The van der Waals surface area contributed by atoms with E-state index >= 15 is 0 Å². The molecule has 0 aromatic carbocycles. The summed E-state index contributed by atoms with van der Waals surface area (Å²) in [5, 5.41) is 3.40. The van der Waals surface area contributed by atoms with Crippen molar-refractivity contribution in [3.63, 3.8) is 0 Å². The van der Waals surface area contributed by atoms with Crippen LogP contribution >= 0.6 is 0 Å². The highest BCUT2D eigenvalue weighted by Crippen LogP contribution is 2.37. The average Bonchev–Trinajstić information content (AvgIpc) is 2.91. The number of aromatic nitrogens is 2. The second kappa shape index (κ2) is 3.07. The average molecular weight is 201 g/mol. The van der Waals surface area contributed by atoms with Gasteiger partial charge in [0.25, 0.3) is 0 Å². The van der Waals surface area contributed by atoms with Crippen molar-refractivity contribution in [2.24, 2.45) is 0 Å². The van der Waals surface area contributed by atoms with E-state index in [1.807, 2.05) is 31.4 Å². The molecule has 0 radical (unpaired) electrons. The van der Waals surface area contributed by atoms with Crippen molar-refractivity contribution in [2.75, 3.05) is 7.05 Å². The van der Waals surface area contributed by atoms with Gasteiger partial charge in [-0.1, -0.05) is 6.07 Å². The van der Waals surface area contributed by atoms with Crippen molar-refractivity contribution < 1.29 is 0 Å². The first-order valence-electron chi connectivity index (χ1n) is 5.43. The quantitative estimate of drug-likeness (QED) is 0.817. The summed E-state index contributed by atoms with van der Waals surface area (Å²) in [6, 6.07) is 6.10. The van der Waals surface area contributed by atoms with Gasteiger partial charge in [-0.05, 0) is 32.0 Å². The first kappa shape index (κ1) is 8.92. The van der Waals surface area contributed by atoms with Crippen molar-refractivity contribution >= 4 is 5.65 Å². The van der Waals surface area contributed by atoms with Crippen LogP contribution in [0.2, 0.25) is 0 Å². The van der Waals surface area contributed by atoms with Crippen LogP contribution in [0.4, 0.5) is 0 Å². The lowest BCUT2D eigenvalue weighted by Crippen LogP contribution is -2.29. The van der Waals surface area contributed by atoms with Crippen LogP contribution < -0.4 is 5.32 Å². The van der Waals surface area contributed by atoms with E-state index in [0.717, 1.165) is 12.1 Å². The van der Waals surface area contributed by atoms with Gasteiger partial charge < -0.3 is 9.72 Å². The molecule has 0 spiro atoms. The van der Waals surface area contributed by atoms with Gasteiger partial charge in [-0.2, -0.15) is 0 Å². The molecule has 1 saturated carbocycles. The maximum absolute atomic E-state index is 4.61. The molecular weight excluding hydrogens is 186 g/mol. The van der Waals surface area contributed by atoms with Gasteiger partial charge in [0.05, 0.1) is 5.69 Å². The molecular formula is C12H15N3. The molecule has 0 saturated heterocycles. The van der Waals surface area contributed by atoms with Crippen LogP contribution in [0.1, 0.15) is 18.5 Å². The molecule has 1 aliphatic carbocycles. The molecule has 2 aromatic heterocycles. The molecule has 0 atom stereocenters. The van der Waals surface area contributed by atoms with Crippen LogP contribution in [0.3, 0.4) is 0 Å².